The summed E-state index contributed by atoms with van der Waals surface area (Å²) in [6.45, 7) is 3.23. The van der Waals surface area contributed by atoms with Crippen molar-refractivity contribution >= 4 is 5.91 Å². The van der Waals surface area contributed by atoms with Crippen LogP contribution in [0.1, 0.15) is 37.9 Å². The van der Waals surface area contributed by atoms with E-state index in [1.165, 1.54) is 12.8 Å². The maximum absolute atomic E-state index is 12.6. The lowest BCUT2D eigenvalue weighted by molar-refractivity contribution is -0.134. The van der Waals surface area contributed by atoms with Gasteiger partial charge in [0.25, 0.3) is 5.89 Å². The number of para-hydroxylation sites is 1. The molecule has 1 atom stereocenters. The van der Waals surface area contributed by atoms with Crippen molar-refractivity contribution in [1.82, 2.24) is 15.0 Å². The summed E-state index contributed by atoms with van der Waals surface area (Å²) < 4.78 is 11.5. The Balaban J connectivity index is 1.44. The predicted molar refractivity (Wildman–Crippen MR) is 92.0 cm³/mol. The highest BCUT2D eigenvalue weighted by Gasteiger charge is 2.33. The van der Waals surface area contributed by atoms with Crippen molar-refractivity contribution in [1.29, 1.82) is 0 Å². The first-order valence-electron chi connectivity index (χ1n) is 9.06. The minimum absolute atomic E-state index is 0.00974. The number of aryl methyl sites for hydroxylation is 1. The van der Waals surface area contributed by atoms with Crippen molar-refractivity contribution in [3.63, 3.8) is 0 Å². The van der Waals surface area contributed by atoms with Gasteiger partial charge in [0.15, 0.2) is 5.82 Å². The van der Waals surface area contributed by atoms with E-state index in [0.717, 1.165) is 37.1 Å². The van der Waals surface area contributed by atoms with Crippen LogP contribution >= 0.6 is 0 Å². The topological polar surface area (TPSA) is 68.5 Å². The summed E-state index contributed by atoms with van der Waals surface area (Å²) in [7, 11) is 0. The number of amides is 1. The molecular weight excluding hydrogens is 318 g/mol. The third kappa shape index (κ3) is 3.38. The smallest absolute Gasteiger partial charge is 0.261 e. The van der Waals surface area contributed by atoms with E-state index in [0.29, 0.717) is 24.2 Å². The van der Waals surface area contributed by atoms with E-state index in [1.807, 2.05) is 29.2 Å². The molecule has 1 aromatic carbocycles. The van der Waals surface area contributed by atoms with Gasteiger partial charge in [-0.1, -0.05) is 30.1 Å². The highest BCUT2D eigenvalue weighted by atomic mass is 16.5. The number of hydrogen-bond acceptors (Lipinski definition) is 5. The number of likely N-dealkylation sites (tertiary alicyclic amines) is 1. The van der Waals surface area contributed by atoms with Crippen LogP contribution in [0.5, 0.6) is 5.75 Å². The number of carbonyl (C=O) groups excluding carboxylic acids is 1. The molecule has 25 heavy (non-hydrogen) atoms. The van der Waals surface area contributed by atoms with E-state index in [2.05, 4.69) is 10.1 Å². The van der Waals surface area contributed by atoms with E-state index in [1.54, 1.807) is 6.92 Å². The van der Waals surface area contributed by atoms with Crippen LogP contribution in [0.4, 0.5) is 0 Å². The van der Waals surface area contributed by atoms with Gasteiger partial charge in [-0.3, -0.25) is 4.79 Å². The average Bonchev–Trinajstić information content (AvgIpc) is 3.36. The fourth-order valence-corrected chi connectivity index (χ4v) is 3.79. The number of rotatable bonds is 4. The van der Waals surface area contributed by atoms with Crippen molar-refractivity contribution in [2.24, 2.45) is 5.92 Å². The molecule has 0 radical (unpaired) electrons. The van der Waals surface area contributed by atoms with Crippen LogP contribution in [0.15, 0.2) is 28.8 Å². The Bertz CT molecular complexity index is 752. The van der Waals surface area contributed by atoms with E-state index >= 15 is 0 Å². The average molecular weight is 341 g/mol. The van der Waals surface area contributed by atoms with Crippen molar-refractivity contribution < 1.29 is 14.1 Å². The van der Waals surface area contributed by atoms with Gasteiger partial charge in [-0.2, -0.15) is 4.98 Å². The third-order valence-electron chi connectivity index (χ3n) is 5.10. The Morgan fingerprint density at radius 2 is 2.04 bits per heavy atom. The minimum Gasteiger partial charge on any atom is -0.488 e. The molecule has 6 nitrogen and oxygen atoms in total. The van der Waals surface area contributed by atoms with Crippen LogP contribution in [0.3, 0.4) is 0 Å². The monoisotopic (exact) mass is 341 g/mol. The maximum Gasteiger partial charge on any atom is 0.261 e. The molecule has 2 aliphatic rings. The second-order valence-corrected chi connectivity index (χ2v) is 6.94. The summed E-state index contributed by atoms with van der Waals surface area (Å²) in [5.41, 5.74) is 0.795. The normalized spacial score (nSPS) is 21.0. The lowest BCUT2D eigenvalue weighted by Crippen LogP contribution is -2.34. The molecule has 6 heteroatoms. The molecule has 0 bridgehead atoms. The Morgan fingerprint density at radius 1 is 1.24 bits per heavy atom. The molecule has 1 aliphatic heterocycles. The first kappa shape index (κ1) is 16.1. The Labute approximate surface area is 147 Å². The van der Waals surface area contributed by atoms with Gasteiger partial charge >= 0.3 is 0 Å². The largest absolute Gasteiger partial charge is 0.488 e. The molecule has 2 heterocycles. The Hall–Kier alpha value is -2.37. The maximum atomic E-state index is 12.6. The lowest BCUT2D eigenvalue weighted by atomic mass is 10.1. The highest BCUT2D eigenvalue weighted by Crippen LogP contribution is 2.32. The molecule has 2 aromatic rings. The molecule has 0 N–H and O–H groups in total. The predicted octanol–water partition coefficient (Wildman–Crippen LogP) is 3.21. The lowest BCUT2D eigenvalue weighted by Gasteiger charge is -2.21. The van der Waals surface area contributed by atoms with Crippen molar-refractivity contribution in [3.05, 3.63) is 30.1 Å². The zero-order chi connectivity index (χ0) is 17.2. The Morgan fingerprint density at radius 3 is 2.80 bits per heavy atom. The van der Waals surface area contributed by atoms with Gasteiger partial charge in [-0.15, -0.1) is 0 Å². The van der Waals surface area contributed by atoms with Gasteiger partial charge in [0.2, 0.25) is 5.91 Å². The van der Waals surface area contributed by atoms with Gasteiger partial charge in [0.1, 0.15) is 11.9 Å². The number of aromatic nitrogens is 2. The molecule has 1 aromatic heterocycles. The number of hydrogen-bond donors (Lipinski definition) is 0. The molecule has 1 saturated carbocycles. The minimum atomic E-state index is 0.00974. The molecular formula is C19H23N3O3. The van der Waals surface area contributed by atoms with Gasteiger partial charge in [-0.25, -0.2) is 0 Å². The van der Waals surface area contributed by atoms with Gasteiger partial charge < -0.3 is 14.2 Å². The Kier molecular flexibility index (Phi) is 4.42. The standard InChI is InChI=1S/C19H23N3O3/c1-13-20-18(25-21-13)16-8-4-5-9-17(16)24-15-10-11-22(12-15)19(23)14-6-2-3-7-14/h4-5,8-9,14-15H,2-3,6-7,10-12H2,1H3. The van der Waals surface area contributed by atoms with Crippen LogP contribution in [0.2, 0.25) is 0 Å². The molecule has 2 fully saturated rings. The summed E-state index contributed by atoms with van der Waals surface area (Å²) in [6.07, 6.45) is 5.31. The molecule has 1 unspecified atom stereocenters. The summed E-state index contributed by atoms with van der Waals surface area (Å²) in [5.74, 6) is 2.33. The SMILES string of the molecule is Cc1noc(-c2ccccc2OC2CCN(C(=O)C3CCCC3)C2)n1. The number of ether oxygens (including phenoxy) is 1. The second-order valence-electron chi connectivity index (χ2n) is 6.94. The van der Waals surface area contributed by atoms with Crippen molar-refractivity contribution in [2.45, 2.75) is 45.1 Å². The third-order valence-corrected chi connectivity index (χ3v) is 5.10. The van der Waals surface area contributed by atoms with Crippen LogP contribution in [0.25, 0.3) is 11.5 Å². The second kappa shape index (κ2) is 6.86. The van der Waals surface area contributed by atoms with Crippen LogP contribution in [-0.2, 0) is 4.79 Å². The van der Waals surface area contributed by atoms with Crippen LogP contribution in [0, 0.1) is 12.8 Å². The molecule has 4 rings (SSSR count). The number of nitrogens with zero attached hydrogens (tertiary/aromatic N) is 3. The number of carbonyl (C=O) groups is 1. The highest BCUT2D eigenvalue weighted by molar-refractivity contribution is 5.79. The summed E-state index contributed by atoms with van der Waals surface area (Å²) >= 11 is 0. The fourth-order valence-electron chi connectivity index (χ4n) is 3.79. The summed E-state index contributed by atoms with van der Waals surface area (Å²) in [4.78, 5) is 18.8. The summed E-state index contributed by atoms with van der Waals surface area (Å²) in [6, 6.07) is 7.68. The van der Waals surface area contributed by atoms with Crippen LogP contribution in [-0.4, -0.2) is 40.1 Å². The molecule has 1 amide bonds. The van der Waals surface area contributed by atoms with E-state index in [9.17, 15) is 4.79 Å². The van der Waals surface area contributed by atoms with Gasteiger partial charge in [0.05, 0.1) is 12.1 Å². The van der Waals surface area contributed by atoms with E-state index in [4.69, 9.17) is 9.26 Å². The molecule has 132 valence electrons. The van der Waals surface area contributed by atoms with Gasteiger partial charge in [0, 0.05) is 18.9 Å². The van der Waals surface area contributed by atoms with Crippen molar-refractivity contribution in [3.8, 4) is 17.2 Å². The van der Waals surface area contributed by atoms with E-state index in [-0.39, 0.29) is 12.0 Å². The fraction of sp³-hybridized carbons (Fsp3) is 0.526. The first-order valence-corrected chi connectivity index (χ1v) is 9.06. The zero-order valence-corrected chi connectivity index (χ0v) is 14.5. The summed E-state index contributed by atoms with van der Waals surface area (Å²) in [5, 5.41) is 3.85. The van der Waals surface area contributed by atoms with Crippen molar-refractivity contribution in [2.75, 3.05) is 13.1 Å². The van der Waals surface area contributed by atoms with Gasteiger partial charge in [-0.05, 0) is 31.9 Å². The quantitative estimate of drug-likeness (QED) is 0.854. The number of benzene rings is 1. The van der Waals surface area contributed by atoms with E-state index < -0.39 is 0 Å². The molecule has 1 saturated heterocycles. The van der Waals surface area contributed by atoms with Crippen LogP contribution < -0.4 is 4.74 Å². The molecule has 1 aliphatic carbocycles. The first-order chi connectivity index (χ1) is 12.2. The molecule has 0 spiro atoms. The zero-order valence-electron chi connectivity index (χ0n) is 14.5.